The van der Waals surface area contributed by atoms with Crippen molar-refractivity contribution in [1.29, 1.82) is 0 Å². The zero-order valence-corrected chi connectivity index (χ0v) is 17.1. The number of nitrogens with zero attached hydrogens (tertiary/aromatic N) is 4. The minimum Gasteiger partial charge on any atom is -0.393 e. The Morgan fingerprint density at radius 1 is 1.16 bits per heavy atom. The molecule has 3 heterocycles. The van der Waals surface area contributed by atoms with Gasteiger partial charge in [0.25, 0.3) is 0 Å². The lowest BCUT2D eigenvalue weighted by Crippen LogP contribution is -2.36. The molecule has 0 saturated carbocycles. The van der Waals surface area contributed by atoms with Crippen LogP contribution in [0.4, 0.5) is 10.1 Å². The van der Waals surface area contributed by atoms with E-state index in [9.17, 15) is 19.1 Å². The molecule has 1 aromatic heterocycles. The first-order valence-corrected chi connectivity index (χ1v) is 10.4. The van der Waals surface area contributed by atoms with Gasteiger partial charge in [-0.2, -0.15) is 5.10 Å². The molecule has 160 valence electrons. The number of carbonyl (C=O) groups excluding carboxylic acids is 2. The minimum absolute atomic E-state index is 0.0107. The van der Waals surface area contributed by atoms with Crippen molar-refractivity contribution in [2.45, 2.75) is 19.4 Å². The van der Waals surface area contributed by atoms with Crippen LogP contribution in [-0.2, 0) is 9.59 Å². The van der Waals surface area contributed by atoms with Crippen LogP contribution in [0, 0.1) is 17.7 Å². The number of anilines is 1. The summed E-state index contributed by atoms with van der Waals surface area (Å²) in [4.78, 5) is 28.9. The zero-order valence-electron chi connectivity index (χ0n) is 17.1. The maximum Gasteiger partial charge on any atom is 0.232 e. The highest BCUT2D eigenvalue weighted by Crippen LogP contribution is 2.38. The fourth-order valence-electron chi connectivity index (χ4n) is 4.75. The molecule has 2 aromatic carbocycles. The molecule has 8 heteroatoms. The van der Waals surface area contributed by atoms with Gasteiger partial charge in [0, 0.05) is 30.9 Å². The summed E-state index contributed by atoms with van der Waals surface area (Å²) < 4.78 is 15.9. The zero-order chi connectivity index (χ0) is 21.7. The van der Waals surface area contributed by atoms with E-state index in [1.807, 2.05) is 18.2 Å². The van der Waals surface area contributed by atoms with Gasteiger partial charge in [-0.3, -0.25) is 9.59 Å². The van der Waals surface area contributed by atoms with E-state index in [0.717, 1.165) is 16.6 Å². The highest BCUT2D eigenvalue weighted by atomic mass is 19.1. The van der Waals surface area contributed by atoms with Gasteiger partial charge >= 0.3 is 0 Å². The van der Waals surface area contributed by atoms with E-state index in [1.54, 1.807) is 45.8 Å². The molecule has 3 atom stereocenters. The highest BCUT2D eigenvalue weighted by molar-refractivity contribution is 6.05. The van der Waals surface area contributed by atoms with Crippen molar-refractivity contribution in [3.05, 3.63) is 54.5 Å². The van der Waals surface area contributed by atoms with Crippen molar-refractivity contribution in [2.75, 3.05) is 24.5 Å². The first-order chi connectivity index (χ1) is 14.9. The Bertz CT molecular complexity index is 1170. The minimum atomic E-state index is -0.691. The van der Waals surface area contributed by atoms with E-state index < -0.39 is 6.10 Å². The fourth-order valence-corrected chi connectivity index (χ4v) is 4.75. The van der Waals surface area contributed by atoms with Crippen LogP contribution in [0.3, 0.4) is 0 Å². The van der Waals surface area contributed by atoms with E-state index >= 15 is 0 Å². The predicted molar refractivity (Wildman–Crippen MR) is 113 cm³/mol. The Kier molecular flexibility index (Phi) is 4.74. The molecule has 2 amide bonds. The summed E-state index contributed by atoms with van der Waals surface area (Å²) in [6, 6.07) is 12.0. The second-order valence-corrected chi connectivity index (χ2v) is 8.39. The van der Waals surface area contributed by atoms with Crippen LogP contribution >= 0.6 is 0 Å². The summed E-state index contributed by atoms with van der Waals surface area (Å²) in [5.74, 6) is -0.677. The van der Waals surface area contributed by atoms with Crippen LogP contribution in [0.5, 0.6) is 0 Å². The highest BCUT2D eigenvalue weighted by Gasteiger charge is 2.48. The summed E-state index contributed by atoms with van der Waals surface area (Å²) >= 11 is 0. The lowest BCUT2D eigenvalue weighted by molar-refractivity contribution is -0.132. The number of hydrogen-bond acceptors (Lipinski definition) is 4. The number of aliphatic hydroxyl groups excluding tert-OH is 1. The number of carbonyl (C=O) groups is 2. The van der Waals surface area contributed by atoms with Crippen LogP contribution < -0.4 is 4.90 Å². The van der Waals surface area contributed by atoms with Gasteiger partial charge in [0.05, 0.1) is 35.8 Å². The number of aliphatic hydroxyl groups is 1. The third-order valence-electron chi connectivity index (χ3n) is 6.23. The second kappa shape index (κ2) is 7.46. The van der Waals surface area contributed by atoms with Crippen LogP contribution in [0.25, 0.3) is 16.6 Å². The largest absolute Gasteiger partial charge is 0.393 e. The molecule has 1 N–H and O–H groups in total. The number of aromatic nitrogens is 2. The van der Waals surface area contributed by atoms with Crippen molar-refractivity contribution in [1.82, 2.24) is 14.7 Å². The third-order valence-corrected chi connectivity index (χ3v) is 6.23. The van der Waals surface area contributed by atoms with Gasteiger partial charge in [0.1, 0.15) is 11.5 Å². The van der Waals surface area contributed by atoms with Gasteiger partial charge in [-0.25, -0.2) is 9.07 Å². The van der Waals surface area contributed by atoms with Crippen LogP contribution in [-0.4, -0.2) is 57.3 Å². The molecule has 2 aliphatic heterocycles. The van der Waals surface area contributed by atoms with E-state index in [4.69, 9.17) is 0 Å². The average molecular weight is 422 g/mol. The molecule has 0 bridgehead atoms. The Labute approximate surface area is 178 Å². The molecule has 0 aliphatic carbocycles. The topological polar surface area (TPSA) is 78.7 Å². The van der Waals surface area contributed by atoms with Crippen molar-refractivity contribution in [2.24, 2.45) is 11.8 Å². The third kappa shape index (κ3) is 3.27. The molecule has 0 radical (unpaired) electrons. The van der Waals surface area contributed by atoms with E-state index in [2.05, 4.69) is 5.10 Å². The molecule has 0 unspecified atom stereocenters. The SMILES string of the molecule is C[C@@H](O)CC(=O)N1C[C@H]2CN(c3cccc4c3cnn4-c3ccccc3F)C(=O)[C@H]2C1. The standard InChI is InChI=1S/C23H23FN4O3/c1-14(29)9-22(30)26-11-15-12-27(23(31)17(15)13-26)19-7-4-8-20-16(19)10-25-28(20)21-6-3-2-5-18(21)24/h2-8,10,14-15,17,29H,9,11-13H2,1H3/t14-,15+,17+/m1/s1. The maximum atomic E-state index is 14.3. The van der Waals surface area contributed by atoms with Gasteiger partial charge in [-0.05, 0) is 31.2 Å². The van der Waals surface area contributed by atoms with Gasteiger partial charge in [-0.15, -0.1) is 0 Å². The van der Waals surface area contributed by atoms with Crippen molar-refractivity contribution in [3.8, 4) is 5.69 Å². The first kappa shape index (κ1) is 19.7. The molecule has 7 nitrogen and oxygen atoms in total. The number of rotatable bonds is 4. The van der Waals surface area contributed by atoms with Crippen molar-refractivity contribution < 1.29 is 19.1 Å². The van der Waals surface area contributed by atoms with Crippen LogP contribution in [0.2, 0.25) is 0 Å². The first-order valence-electron chi connectivity index (χ1n) is 10.4. The summed E-state index contributed by atoms with van der Waals surface area (Å²) in [5, 5.41) is 14.6. The van der Waals surface area contributed by atoms with Crippen LogP contribution in [0.1, 0.15) is 13.3 Å². The predicted octanol–water partition coefficient (Wildman–Crippen LogP) is 2.36. The smallest absolute Gasteiger partial charge is 0.232 e. The molecule has 0 spiro atoms. The van der Waals surface area contributed by atoms with E-state index in [1.165, 1.54) is 6.07 Å². The second-order valence-electron chi connectivity index (χ2n) is 8.39. The molecule has 5 rings (SSSR count). The van der Waals surface area contributed by atoms with Crippen molar-refractivity contribution >= 4 is 28.4 Å². The quantitative estimate of drug-likeness (QED) is 0.700. The molecule has 2 saturated heterocycles. The maximum absolute atomic E-state index is 14.3. The Morgan fingerprint density at radius 3 is 2.68 bits per heavy atom. The summed E-state index contributed by atoms with van der Waals surface area (Å²) in [5.41, 5.74) is 1.83. The average Bonchev–Trinajstić information content (AvgIpc) is 3.42. The number of amides is 2. The number of hydrogen-bond donors (Lipinski definition) is 1. The van der Waals surface area contributed by atoms with E-state index in [-0.39, 0.29) is 35.9 Å². The summed E-state index contributed by atoms with van der Waals surface area (Å²) in [7, 11) is 0. The van der Waals surface area contributed by atoms with Gasteiger partial charge in [0.15, 0.2) is 0 Å². The molecule has 31 heavy (non-hydrogen) atoms. The summed E-state index contributed by atoms with van der Waals surface area (Å²) in [6.45, 7) is 3.01. The number of para-hydroxylation sites is 1. The Balaban J connectivity index is 1.43. The summed E-state index contributed by atoms with van der Waals surface area (Å²) in [6.07, 6.45) is 1.05. The number of benzene rings is 2. The van der Waals surface area contributed by atoms with Crippen molar-refractivity contribution in [3.63, 3.8) is 0 Å². The normalized spacial score (nSPS) is 21.7. The lowest BCUT2D eigenvalue weighted by Gasteiger charge is -2.23. The molecule has 2 aliphatic rings. The lowest BCUT2D eigenvalue weighted by atomic mass is 10.0. The van der Waals surface area contributed by atoms with Gasteiger partial charge in [0.2, 0.25) is 11.8 Å². The number of likely N-dealkylation sites (tertiary alicyclic amines) is 1. The Hall–Kier alpha value is -3.26. The number of halogens is 1. The molecule has 3 aromatic rings. The van der Waals surface area contributed by atoms with Gasteiger partial charge < -0.3 is 14.9 Å². The monoisotopic (exact) mass is 422 g/mol. The van der Waals surface area contributed by atoms with Gasteiger partial charge in [-0.1, -0.05) is 18.2 Å². The van der Waals surface area contributed by atoms with Crippen LogP contribution in [0.15, 0.2) is 48.7 Å². The molecular formula is C23H23FN4O3. The molecular weight excluding hydrogens is 399 g/mol. The molecule has 2 fully saturated rings. The Morgan fingerprint density at radius 2 is 1.94 bits per heavy atom. The fraction of sp³-hybridized carbons (Fsp3) is 0.348. The number of fused-ring (bicyclic) bond motifs is 2. The van der Waals surface area contributed by atoms with E-state index in [0.29, 0.717) is 25.3 Å².